The van der Waals surface area contributed by atoms with Crippen molar-refractivity contribution in [1.82, 2.24) is 9.88 Å². The van der Waals surface area contributed by atoms with E-state index < -0.39 is 11.4 Å². The van der Waals surface area contributed by atoms with Crippen LogP contribution in [0.15, 0.2) is 24.4 Å². The van der Waals surface area contributed by atoms with Crippen molar-refractivity contribution in [3.63, 3.8) is 0 Å². The summed E-state index contributed by atoms with van der Waals surface area (Å²) in [6.07, 6.45) is 3.60. The average Bonchev–Trinajstić information content (AvgIpc) is 3.34. The highest BCUT2D eigenvalue weighted by molar-refractivity contribution is 6.35. The minimum atomic E-state index is -1.21. The van der Waals surface area contributed by atoms with Crippen LogP contribution < -0.4 is 5.32 Å². The predicted octanol–water partition coefficient (Wildman–Crippen LogP) is 2.27. The van der Waals surface area contributed by atoms with Gasteiger partial charge >= 0.3 is 0 Å². The molecular weight excluding hydrogens is 373 g/mol. The number of likely N-dealkylation sites (tertiary alicyclic amines) is 1. The molecule has 2 aliphatic rings. The van der Waals surface area contributed by atoms with Crippen LogP contribution in [0.5, 0.6) is 0 Å². The van der Waals surface area contributed by atoms with E-state index in [1.54, 1.807) is 18.3 Å². The first-order valence-electron chi connectivity index (χ1n) is 9.25. The van der Waals surface area contributed by atoms with Crippen LogP contribution in [0.2, 0.25) is 0 Å². The molecule has 7 heteroatoms. The van der Waals surface area contributed by atoms with Gasteiger partial charge in [-0.2, -0.15) is 0 Å². The van der Waals surface area contributed by atoms with Gasteiger partial charge in [0.2, 0.25) is 0 Å². The molecule has 0 saturated carbocycles. The maximum absolute atomic E-state index is 14.7. The quantitative estimate of drug-likeness (QED) is 0.415. The number of aromatic nitrogens is 1. The Hall–Kier alpha value is -3.21. The number of aliphatic hydroxyl groups is 1. The van der Waals surface area contributed by atoms with Crippen LogP contribution >= 0.6 is 0 Å². The number of β-amino-alcohol motifs (C(OH)–C–C–N with tert-alkyl or cyclic N) is 1. The molecule has 6 nitrogen and oxygen atoms in total. The average molecular weight is 393 g/mol. The van der Waals surface area contributed by atoms with Crippen LogP contribution in [0.4, 0.5) is 10.1 Å². The Labute approximate surface area is 167 Å². The summed E-state index contributed by atoms with van der Waals surface area (Å²) in [6, 6.07) is 4.37. The second-order valence-corrected chi connectivity index (χ2v) is 7.53. The first-order valence-corrected chi connectivity index (χ1v) is 9.25. The fraction of sp³-hybridized carbons (Fsp3) is 0.273. The number of aromatic amines is 1. The predicted molar refractivity (Wildman–Crippen MR) is 108 cm³/mol. The number of H-pyrrole nitrogens is 1. The molecule has 1 atom stereocenters. The van der Waals surface area contributed by atoms with Gasteiger partial charge in [-0.1, -0.05) is 11.8 Å². The van der Waals surface area contributed by atoms with E-state index >= 15 is 0 Å². The largest absolute Gasteiger partial charge is 0.376 e. The number of amides is 1. The van der Waals surface area contributed by atoms with Gasteiger partial charge in [-0.25, -0.2) is 4.39 Å². The summed E-state index contributed by atoms with van der Waals surface area (Å²) in [5.74, 6) is 4.53. The van der Waals surface area contributed by atoms with Gasteiger partial charge in [0.25, 0.3) is 5.91 Å². The molecule has 0 aliphatic carbocycles. The minimum Gasteiger partial charge on any atom is -0.376 e. The van der Waals surface area contributed by atoms with Crippen LogP contribution in [0.1, 0.15) is 40.5 Å². The SMILES string of the molecule is CC(=O)c1c[nH]c(/C=C2\C(=O)Nc3ccc(F)c(C#CC4(O)CCN(C)C4)c32)c1. The summed E-state index contributed by atoms with van der Waals surface area (Å²) in [4.78, 5) is 28.9. The number of nitrogens with one attached hydrogen (secondary N) is 2. The highest BCUT2D eigenvalue weighted by Crippen LogP contribution is 2.37. The molecule has 29 heavy (non-hydrogen) atoms. The third-order valence-corrected chi connectivity index (χ3v) is 5.19. The molecule has 2 aromatic rings. The Morgan fingerprint density at radius 3 is 2.86 bits per heavy atom. The molecule has 0 radical (unpaired) electrons. The monoisotopic (exact) mass is 393 g/mol. The number of ketones is 1. The van der Waals surface area contributed by atoms with E-state index in [9.17, 15) is 19.1 Å². The number of likely N-dealkylation sites (N-methyl/N-ethyl adjacent to an activating group) is 1. The Morgan fingerprint density at radius 1 is 1.41 bits per heavy atom. The minimum absolute atomic E-state index is 0.0634. The molecule has 3 heterocycles. The first-order chi connectivity index (χ1) is 13.8. The number of Topliss-reactive ketones (excluding diaryl/α,β-unsaturated/α-hetero) is 1. The Bertz CT molecular complexity index is 1120. The zero-order valence-corrected chi connectivity index (χ0v) is 16.1. The summed E-state index contributed by atoms with van der Waals surface area (Å²) in [5.41, 5.74) is 0.955. The summed E-state index contributed by atoms with van der Waals surface area (Å²) in [6.45, 7) is 2.54. The molecule has 3 N–H and O–H groups in total. The van der Waals surface area contributed by atoms with Crippen molar-refractivity contribution in [2.24, 2.45) is 0 Å². The lowest BCUT2D eigenvalue weighted by Crippen LogP contribution is -2.29. The van der Waals surface area contributed by atoms with Crippen LogP contribution in [0.25, 0.3) is 11.6 Å². The molecule has 1 aromatic carbocycles. The zero-order valence-electron chi connectivity index (χ0n) is 16.1. The molecule has 4 rings (SSSR count). The Morgan fingerprint density at radius 2 is 2.21 bits per heavy atom. The number of carbonyl (C=O) groups is 2. The standard InChI is InChI=1S/C22H20FN3O3/c1-13(27)14-9-15(24-11-14)10-17-20-16(5-6-22(29)7-8-26(2)12-22)18(23)3-4-19(20)25-21(17)28/h3-4,9-11,24,29H,7-8,12H2,1-2H3,(H,25,28)/b17-10-. The van der Waals surface area contributed by atoms with Gasteiger partial charge in [-0.05, 0) is 38.2 Å². The van der Waals surface area contributed by atoms with Gasteiger partial charge in [0.15, 0.2) is 5.78 Å². The second kappa shape index (κ2) is 6.99. The molecule has 1 aromatic heterocycles. The van der Waals surface area contributed by atoms with Crippen molar-refractivity contribution < 1.29 is 19.1 Å². The van der Waals surface area contributed by atoms with Crippen LogP contribution in [0, 0.1) is 17.7 Å². The Balaban J connectivity index is 1.79. The van der Waals surface area contributed by atoms with Crippen LogP contribution in [-0.2, 0) is 4.79 Å². The van der Waals surface area contributed by atoms with Gasteiger partial charge in [-0.15, -0.1) is 0 Å². The van der Waals surface area contributed by atoms with Crippen molar-refractivity contribution in [2.45, 2.75) is 18.9 Å². The topological polar surface area (TPSA) is 85.4 Å². The van der Waals surface area contributed by atoms with Gasteiger partial charge in [0.05, 0.1) is 16.8 Å². The summed E-state index contributed by atoms with van der Waals surface area (Å²) in [5, 5.41) is 13.3. The van der Waals surface area contributed by atoms with E-state index in [0.717, 1.165) is 0 Å². The molecule has 2 aliphatic heterocycles. The normalized spacial score (nSPS) is 22.3. The third-order valence-electron chi connectivity index (χ3n) is 5.19. The van der Waals surface area contributed by atoms with E-state index in [2.05, 4.69) is 22.1 Å². The van der Waals surface area contributed by atoms with Gasteiger partial charge < -0.3 is 20.3 Å². The number of rotatable bonds is 2. The van der Waals surface area contributed by atoms with Crippen molar-refractivity contribution in [3.8, 4) is 11.8 Å². The fourth-order valence-electron chi connectivity index (χ4n) is 3.64. The van der Waals surface area contributed by atoms with Gasteiger partial charge in [0, 0.05) is 42.5 Å². The van der Waals surface area contributed by atoms with Crippen LogP contribution in [0.3, 0.4) is 0 Å². The van der Waals surface area contributed by atoms with Crippen LogP contribution in [-0.4, -0.2) is 52.4 Å². The lowest BCUT2D eigenvalue weighted by molar-refractivity contribution is -0.110. The molecule has 1 saturated heterocycles. The Kier molecular flexibility index (Phi) is 4.61. The van der Waals surface area contributed by atoms with Crippen molar-refractivity contribution in [1.29, 1.82) is 0 Å². The molecule has 148 valence electrons. The number of nitrogens with zero attached hydrogens (tertiary/aromatic N) is 1. The number of carbonyl (C=O) groups excluding carboxylic acids is 2. The second-order valence-electron chi connectivity index (χ2n) is 7.53. The molecule has 1 fully saturated rings. The highest BCUT2D eigenvalue weighted by atomic mass is 19.1. The third kappa shape index (κ3) is 3.60. The van der Waals surface area contributed by atoms with E-state index in [-0.39, 0.29) is 22.8 Å². The number of halogens is 1. The van der Waals surface area contributed by atoms with E-state index in [0.29, 0.717) is 42.0 Å². The molecule has 1 unspecified atom stereocenters. The van der Waals surface area contributed by atoms with Crippen molar-refractivity contribution >= 4 is 29.0 Å². The number of benzene rings is 1. The van der Waals surface area contributed by atoms with Crippen molar-refractivity contribution in [2.75, 3.05) is 25.5 Å². The smallest absolute Gasteiger partial charge is 0.256 e. The molecular formula is C22H20FN3O3. The summed E-state index contributed by atoms with van der Waals surface area (Å²) < 4.78 is 14.7. The number of anilines is 1. The maximum atomic E-state index is 14.7. The van der Waals surface area contributed by atoms with Crippen molar-refractivity contribution in [3.05, 3.63) is 52.6 Å². The lowest BCUT2D eigenvalue weighted by Gasteiger charge is -2.14. The summed E-state index contributed by atoms with van der Waals surface area (Å²) in [7, 11) is 1.88. The zero-order chi connectivity index (χ0) is 20.8. The van der Waals surface area contributed by atoms with E-state index in [4.69, 9.17) is 0 Å². The summed E-state index contributed by atoms with van der Waals surface area (Å²) >= 11 is 0. The molecule has 1 amide bonds. The number of fused-ring (bicyclic) bond motifs is 1. The fourth-order valence-corrected chi connectivity index (χ4v) is 3.64. The van der Waals surface area contributed by atoms with E-state index in [1.807, 2.05) is 11.9 Å². The van der Waals surface area contributed by atoms with E-state index in [1.165, 1.54) is 19.1 Å². The maximum Gasteiger partial charge on any atom is 0.256 e. The van der Waals surface area contributed by atoms with Gasteiger partial charge in [0.1, 0.15) is 11.4 Å². The number of hydrogen-bond acceptors (Lipinski definition) is 4. The highest BCUT2D eigenvalue weighted by Gasteiger charge is 2.33. The number of hydrogen-bond donors (Lipinski definition) is 3. The lowest BCUT2D eigenvalue weighted by atomic mass is 9.97. The first kappa shape index (κ1) is 19.1. The van der Waals surface area contributed by atoms with Gasteiger partial charge in [-0.3, -0.25) is 9.59 Å². The molecule has 0 bridgehead atoms. The molecule has 0 spiro atoms.